The van der Waals surface area contributed by atoms with Gasteiger partial charge >= 0.3 is 0 Å². The monoisotopic (exact) mass is 457 g/mol. The SMILES string of the molecule is CCCC12NC=CC=C1C(c1ccnc(Nc3cccc(C(=O)N4CCN(C)CC4)c3)n1)=CN2. The molecule has 1 aromatic heterocycles. The minimum atomic E-state index is -0.282. The number of fused-ring (bicyclic) bond motifs is 1. The van der Waals surface area contributed by atoms with Crippen LogP contribution in [-0.4, -0.2) is 64.6 Å². The number of allylic oxidation sites excluding steroid dienone is 2. The van der Waals surface area contributed by atoms with Crippen LogP contribution in [0.3, 0.4) is 0 Å². The van der Waals surface area contributed by atoms with E-state index in [1.165, 1.54) is 5.57 Å². The van der Waals surface area contributed by atoms with Crippen molar-refractivity contribution in [2.75, 3.05) is 38.5 Å². The Labute approximate surface area is 200 Å². The molecule has 8 nitrogen and oxygen atoms in total. The molecule has 0 spiro atoms. The summed E-state index contributed by atoms with van der Waals surface area (Å²) in [7, 11) is 2.08. The van der Waals surface area contributed by atoms with Crippen LogP contribution in [-0.2, 0) is 0 Å². The Hall–Kier alpha value is -3.65. The third-order valence-corrected chi connectivity index (χ3v) is 6.61. The van der Waals surface area contributed by atoms with Gasteiger partial charge in [-0.15, -0.1) is 0 Å². The van der Waals surface area contributed by atoms with Crippen LogP contribution < -0.4 is 16.0 Å². The maximum Gasteiger partial charge on any atom is 0.254 e. The Morgan fingerprint density at radius 1 is 1.18 bits per heavy atom. The number of amides is 1. The van der Waals surface area contributed by atoms with Crippen molar-refractivity contribution in [1.29, 1.82) is 0 Å². The molecule has 0 bridgehead atoms. The van der Waals surface area contributed by atoms with Crippen molar-refractivity contribution in [3.8, 4) is 0 Å². The van der Waals surface area contributed by atoms with Crippen LogP contribution in [0.5, 0.6) is 0 Å². The maximum atomic E-state index is 13.0. The van der Waals surface area contributed by atoms with E-state index < -0.39 is 0 Å². The third kappa shape index (κ3) is 4.28. The van der Waals surface area contributed by atoms with Gasteiger partial charge in [-0.25, -0.2) is 9.97 Å². The smallest absolute Gasteiger partial charge is 0.254 e. The van der Waals surface area contributed by atoms with Gasteiger partial charge in [0.25, 0.3) is 5.91 Å². The van der Waals surface area contributed by atoms with E-state index >= 15 is 0 Å². The normalized spacial score (nSPS) is 21.8. The fraction of sp³-hybridized carbons (Fsp3) is 0.346. The number of likely N-dealkylation sites (N-methyl/N-ethyl adjacent to an activating group) is 1. The Balaban J connectivity index is 1.33. The fourth-order valence-corrected chi connectivity index (χ4v) is 4.75. The van der Waals surface area contributed by atoms with Gasteiger partial charge in [0, 0.05) is 61.0 Å². The summed E-state index contributed by atoms with van der Waals surface area (Å²) in [6.45, 7) is 5.48. The Kier molecular flexibility index (Phi) is 6.06. The third-order valence-electron chi connectivity index (χ3n) is 6.61. The highest BCUT2D eigenvalue weighted by Gasteiger charge is 2.39. The van der Waals surface area contributed by atoms with E-state index in [9.17, 15) is 4.79 Å². The van der Waals surface area contributed by atoms with E-state index in [2.05, 4.69) is 45.9 Å². The molecule has 8 heteroatoms. The van der Waals surface area contributed by atoms with Crippen LogP contribution in [0.15, 0.2) is 66.7 Å². The van der Waals surface area contributed by atoms with Crippen LogP contribution in [0.4, 0.5) is 11.6 Å². The number of nitrogens with one attached hydrogen (secondary N) is 3. The van der Waals surface area contributed by atoms with Crippen molar-refractivity contribution in [2.24, 2.45) is 0 Å². The van der Waals surface area contributed by atoms with Crippen LogP contribution in [0.1, 0.15) is 35.8 Å². The van der Waals surface area contributed by atoms with Gasteiger partial charge in [0.05, 0.1) is 5.69 Å². The van der Waals surface area contributed by atoms with Gasteiger partial charge in [0.2, 0.25) is 5.95 Å². The molecule has 1 fully saturated rings. The summed E-state index contributed by atoms with van der Waals surface area (Å²) in [6, 6.07) is 9.48. The first-order valence-corrected chi connectivity index (χ1v) is 11.9. The Bertz CT molecular complexity index is 1160. The van der Waals surface area contributed by atoms with E-state index in [0.717, 1.165) is 56.0 Å². The molecule has 1 atom stereocenters. The summed E-state index contributed by atoms with van der Waals surface area (Å²) in [5.74, 6) is 0.557. The van der Waals surface area contributed by atoms with E-state index in [1.54, 1.807) is 6.20 Å². The van der Waals surface area contributed by atoms with Gasteiger partial charge in [-0.3, -0.25) is 4.79 Å². The van der Waals surface area contributed by atoms with Crippen LogP contribution in [0.2, 0.25) is 0 Å². The van der Waals surface area contributed by atoms with Crippen molar-refractivity contribution in [3.05, 3.63) is 77.9 Å². The lowest BCUT2D eigenvalue weighted by atomic mass is 9.89. The molecule has 3 N–H and O–H groups in total. The molecule has 2 aromatic rings. The summed E-state index contributed by atoms with van der Waals surface area (Å²) in [5.41, 5.74) is 4.25. The van der Waals surface area contributed by atoms with Gasteiger partial charge in [-0.2, -0.15) is 0 Å². The largest absolute Gasteiger partial charge is 0.365 e. The lowest BCUT2D eigenvalue weighted by Gasteiger charge is -2.34. The first-order valence-electron chi connectivity index (χ1n) is 11.9. The van der Waals surface area contributed by atoms with E-state index in [4.69, 9.17) is 4.98 Å². The quantitative estimate of drug-likeness (QED) is 0.615. The zero-order valence-corrected chi connectivity index (χ0v) is 19.7. The lowest BCUT2D eigenvalue weighted by Crippen LogP contribution is -2.52. The first kappa shape index (κ1) is 22.2. The topological polar surface area (TPSA) is 85.4 Å². The molecule has 1 aromatic carbocycles. The van der Waals surface area contributed by atoms with Crippen molar-refractivity contribution < 1.29 is 4.79 Å². The van der Waals surface area contributed by atoms with Gasteiger partial charge in [0.1, 0.15) is 5.66 Å². The van der Waals surface area contributed by atoms with E-state index in [1.807, 2.05) is 53.7 Å². The van der Waals surface area contributed by atoms with Gasteiger partial charge in [-0.1, -0.05) is 25.5 Å². The molecule has 4 heterocycles. The molecule has 1 saturated heterocycles. The molecule has 34 heavy (non-hydrogen) atoms. The van der Waals surface area contributed by atoms with Crippen molar-refractivity contribution >= 4 is 23.1 Å². The number of hydrogen-bond donors (Lipinski definition) is 3. The molecule has 5 rings (SSSR count). The summed E-state index contributed by atoms with van der Waals surface area (Å²) in [5, 5.41) is 10.3. The molecular formula is C26H31N7O. The molecular weight excluding hydrogens is 426 g/mol. The second-order valence-electron chi connectivity index (χ2n) is 9.01. The fourth-order valence-electron chi connectivity index (χ4n) is 4.75. The van der Waals surface area contributed by atoms with E-state index in [0.29, 0.717) is 11.5 Å². The van der Waals surface area contributed by atoms with Crippen LogP contribution in [0, 0.1) is 0 Å². The maximum absolute atomic E-state index is 13.0. The highest BCUT2D eigenvalue weighted by molar-refractivity contribution is 5.95. The number of nitrogens with zero attached hydrogens (tertiary/aromatic N) is 4. The van der Waals surface area contributed by atoms with Crippen LogP contribution >= 0.6 is 0 Å². The Morgan fingerprint density at radius 2 is 2.03 bits per heavy atom. The summed E-state index contributed by atoms with van der Waals surface area (Å²) in [4.78, 5) is 26.3. The number of benzene rings is 1. The second-order valence-corrected chi connectivity index (χ2v) is 9.01. The molecule has 176 valence electrons. The molecule has 0 aliphatic carbocycles. The molecule has 3 aliphatic rings. The minimum absolute atomic E-state index is 0.0608. The number of carbonyl (C=O) groups is 1. The van der Waals surface area contributed by atoms with Gasteiger partial charge in [-0.05, 0) is 50.0 Å². The number of aromatic nitrogens is 2. The number of hydrogen-bond acceptors (Lipinski definition) is 7. The zero-order chi connectivity index (χ0) is 23.5. The van der Waals surface area contributed by atoms with Gasteiger partial charge < -0.3 is 25.8 Å². The van der Waals surface area contributed by atoms with Crippen molar-refractivity contribution in [3.63, 3.8) is 0 Å². The predicted molar refractivity (Wildman–Crippen MR) is 134 cm³/mol. The highest BCUT2D eigenvalue weighted by atomic mass is 16.2. The highest BCUT2D eigenvalue weighted by Crippen LogP contribution is 2.38. The van der Waals surface area contributed by atoms with E-state index in [-0.39, 0.29) is 11.6 Å². The number of carbonyl (C=O) groups excluding carboxylic acids is 1. The molecule has 3 aliphatic heterocycles. The Morgan fingerprint density at radius 3 is 2.85 bits per heavy atom. The number of anilines is 2. The summed E-state index contributed by atoms with van der Waals surface area (Å²) < 4.78 is 0. The van der Waals surface area contributed by atoms with Crippen molar-refractivity contribution in [2.45, 2.75) is 25.4 Å². The lowest BCUT2D eigenvalue weighted by molar-refractivity contribution is 0.0664. The first-order chi connectivity index (χ1) is 16.6. The van der Waals surface area contributed by atoms with Gasteiger partial charge in [0.15, 0.2) is 0 Å². The molecule has 0 radical (unpaired) electrons. The predicted octanol–water partition coefficient (Wildman–Crippen LogP) is 3.09. The zero-order valence-electron chi connectivity index (χ0n) is 19.7. The average Bonchev–Trinajstić information content (AvgIpc) is 3.24. The number of piperazine rings is 1. The molecule has 1 unspecified atom stereocenters. The van der Waals surface area contributed by atoms with Crippen LogP contribution in [0.25, 0.3) is 5.57 Å². The second kappa shape index (κ2) is 9.30. The molecule has 0 saturated carbocycles. The minimum Gasteiger partial charge on any atom is -0.365 e. The van der Waals surface area contributed by atoms with Crippen molar-refractivity contribution in [1.82, 2.24) is 30.4 Å². The summed E-state index contributed by atoms with van der Waals surface area (Å²) in [6.07, 6.45) is 11.9. The summed E-state index contributed by atoms with van der Waals surface area (Å²) >= 11 is 0. The average molecular weight is 458 g/mol. The number of dihydropyridines is 1. The number of rotatable bonds is 6. The molecule has 1 amide bonds. The standard InChI is InChI=1S/C26H31N7O/c1-3-10-26-22(8-5-11-28-26)21(18-29-26)23-9-12-27-25(31-23)30-20-7-4-6-19(17-20)24(34)33-15-13-32(2)14-16-33/h4-9,11-12,17-18,28-29H,3,10,13-16H2,1-2H3,(H,27,30,31).